The first-order chi connectivity index (χ1) is 16.0. The summed E-state index contributed by atoms with van der Waals surface area (Å²) in [5.74, 6) is -0.257. The summed E-state index contributed by atoms with van der Waals surface area (Å²) in [6.45, 7) is 3.96. The number of aromatic nitrogens is 3. The van der Waals surface area contributed by atoms with Gasteiger partial charge in [-0.25, -0.2) is 14.4 Å². The molecule has 0 aliphatic heterocycles. The lowest BCUT2D eigenvalue weighted by atomic mass is 9.94. The Kier molecular flexibility index (Phi) is 6.40. The Hall–Kier alpha value is -4.13. The van der Waals surface area contributed by atoms with Gasteiger partial charge in [-0.1, -0.05) is 42.5 Å². The van der Waals surface area contributed by atoms with E-state index in [9.17, 15) is 14.0 Å². The zero-order valence-corrected chi connectivity index (χ0v) is 18.3. The van der Waals surface area contributed by atoms with Crippen LogP contribution < -0.4 is 5.32 Å². The van der Waals surface area contributed by atoms with Crippen molar-refractivity contribution in [3.8, 4) is 22.3 Å². The summed E-state index contributed by atoms with van der Waals surface area (Å²) in [6.07, 6.45) is 3.97. The number of nitrogens with one attached hydrogen (secondary N) is 1. The van der Waals surface area contributed by atoms with Gasteiger partial charge >= 0.3 is 0 Å². The molecule has 0 bridgehead atoms. The van der Waals surface area contributed by atoms with Crippen LogP contribution >= 0.6 is 0 Å². The molecule has 0 radical (unpaired) electrons. The second-order valence-electron chi connectivity index (χ2n) is 7.79. The monoisotopic (exact) mass is 442 g/mol. The maximum absolute atomic E-state index is 13.7. The number of amides is 1. The van der Waals surface area contributed by atoms with Gasteiger partial charge < -0.3 is 9.88 Å². The highest BCUT2D eigenvalue weighted by Crippen LogP contribution is 2.41. The molecule has 4 rings (SSSR count). The van der Waals surface area contributed by atoms with E-state index in [4.69, 9.17) is 0 Å². The SMILES string of the molecule is CC(C)n1c(C=O)c(-c2ccc(F)cc2)c(-c2ccccc2)c1C(=O)NCc1ncccn1. The number of nitrogens with zero attached hydrogens (tertiary/aromatic N) is 3. The predicted octanol–water partition coefficient (Wildman–Crippen LogP) is 5.07. The molecule has 0 aliphatic rings. The summed E-state index contributed by atoms with van der Waals surface area (Å²) in [4.78, 5) is 34.2. The van der Waals surface area contributed by atoms with Crippen molar-refractivity contribution < 1.29 is 14.0 Å². The molecule has 2 aromatic heterocycles. The topological polar surface area (TPSA) is 76.9 Å². The van der Waals surface area contributed by atoms with Crippen molar-refractivity contribution in [2.45, 2.75) is 26.4 Å². The van der Waals surface area contributed by atoms with Gasteiger partial charge in [0.15, 0.2) is 6.29 Å². The standard InChI is InChI=1S/C26H23FN4O2/c1-17(2)31-21(16-32)23(19-9-11-20(27)12-10-19)24(18-7-4-3-5-8-18)25(31)26(33)30-15-22-28-13-6-14-29-22/h3-14,16-17H,15H2,1-2H3,(H,30,33). The van der Waals surface area contributed by atoms with E-state index in [0.717, 1.165) is 11.8 Å². The Bertz CT molecular complexity index is 1270. The van der Waals surface area contributed by atoms with Crippen LogP contribution in [0.1, 0.15) is 46.7 Å². The molecular formula is C26H23FN4O2. The van der Waals surface area contributed by atoms with E-state index in [2.05, 4.69) is 15.3 Å². The summed E-state index contributed by atoms with van der Waals surface area (Å²) in [7, 11) is 0. The van der Waals surface area contributed by atoms with Gasteiger partial charge in [0.25, 0.3) is 5.91 Å². The molecule has 33 heavy (non-hydrogen) atoms. The molecule has 0 unspecified atom stereocenters. The lowest BCUT2D eigenvalue weighted by Gasteiger charge is -2.16. The molecule has 1 N–H and O–H groups in total. The van der Waals surface area contributed by atoms with Gasteiger partial charge in [0, 0.05) is 29.6 Å². The van der Waals surface area contributed by atoms with E-state index < -0.39 is 0 Å². The second kappa shape index (κ2) is 9.56. The molecular weight excluding hydrogens is 419 g/mol. The Morgan fingerprint density at radius 1 is 0.970 bits per heavy atom. The van der Waals surface area contributed by atoms with Gasteiger partial charge in [-0.15, -0.1) is 0 Å². The summed E-state index contributed by atoms with van der Waals surface area (Å²) >= 11 is 0. The molecule has 4 aromatic rings. The number of carbonyl (C=O) groups is 2. The Balaban J connectivity index is 1.94. The molecule has 0 saturated carbocycles. The van der Waals surface area contributed by atoms with Crippen LogP contribution in [-0.4, -0.2) is 26.7 Å². The van der Waals surface area contributed by atoms with E-state index in [-0.39, 0.29) is 24.3 Å². The smallest absolute Gasteiger partial charge is 0.268 e. The highest BCUT2D eigenvalue weighted by atomic mass is 19.1. The molecule has 7 heteroatoms. The van der Waals surface area contributed by atoms with Crippen molar-refractivity contribution in [3.05, 3.63) is 96.1 Å². The van der Waals surface area contributed by atoms with Crippen molar-refractivity contribution in [2.75, 3.05) is 0 Å². The molecule has 2 heterocycles. The van der Waals surface area contributed by atoms with E-state index in [1.165, 1.54) is 12.1 Å². The zero-order chi connectivity index (χ0) is 23.4. The minimum atomic E-state index is -0.378. The number of hydrogen-bond acceptors (Lipinski definition) is 4. The Morgan fingerprint density at radius 3 is 2.21 bits per heavy atom. The third kappa shape index (κ3) is 4.43. The Morgan fingerprint density at radius 2 is 1.61 bits per heavy atom. The minimum Gasteiger partial charge on any atom is -0.343 e. The van der Waals surface area contributed by atoms with Gasteiger partial charge in [-0.3, -0.25) is 9.59 Å². The summed E-state index contributed by atoms with van der Waals surface area (Å²) in [5.41, 5.74) is 3.35. The van der Waals surface area contributed by atoms with Gasteiger partial charge in [0.05, 0.1) is 12.2 Å². The van der Waals surface area contributed by atoms with E-state index in [1.807, 2.05) is 44.2 Å². The molecule has 1 amide bonds. The Labute approximate surface area is 191 Å². The first-order valence-corrected chi connectivity index (χ1v) is 10.6. The third-order valence-electron chi connectivity index (χ3n) is 5.31. The van der Waals surface area contributed by atoms with Crippen LogP contribution in [0.3, 0.4) is 0 Å². The zero-order valence-electron chi connectivity index (χ0n) is 18.3. The van der Waals surface area contributed by atoms with Crippen LogP contribution in [-0.2, 0) is 6.54 Å². The average Bonchev–Trinajstić information content (AvgIpc) is 3.20. The fourth-order valence-electron chi connectivity index (χ4n) is 3.94. The molecule has 2 aromatic carbocycles. The van der Waals surface area contributed by atoms with Crippen molar-refractivity contribution >= 4 is 12.2 Å². The van der Waals surface area contributed by atoms with Crippen LogP contribution in [0.25, 0.3) is 22.3 Å². The number of carbonyl (C=O) groups excluding carboxylic acids is 2. The van der Waals surface area contributed by atoms with Crippen LogP contribution in [0.4, 0.5) is 4.39 Å². The fourth-order valence-corrected chi connectivity index (χ4v) is 3.94. The van der Waals surface area contributed by atoms with Crippen molar-refractivity contribution in [1.29, 1.82) is 0 Å². The lowest BCUT2D eigenvalue weighted by molar-refractivity contribution is 0.0939. The number of aldehydes is 1. The van der Waals surface area contributed by atoms with Crippen molar-refractivity contribution in [1.82, 2.24) is 19.9 Å². The van der Waals surface area contributed by atoms with E-state index in [0.29, 0.717) is 33.9 Å². The van der Waals surface area contributed by atoms with Crippen molar-refractivity contribution in [3.63, 3.8) is 0 Å². The number of rotatable bonds is 7. The van der Waals surface area contributed by atoms with Crippen LogP contribution in [0, 0.1) is 5.82 Å². The van der Waals surface area contributed by atoms with Crippen molar-refractivity contribution in [2.24, 2.45) is 0 Å². The van der Waals surface area contributed by atoms with Gasteiger partial charge in [-0.05, 0) is 43.2 Å². The van der Waals surface area contributed by atoms with E-state index in [1.54, 1.807) is 35.2 Å². The largest absolute Gasteiger partial charge is 0.343 e. The number of benzene rings is 2. The van der Waals surface area contributed by atoms with Gasteiger partial charge in [-0.2, -0.15) is 0 Å². The first kappa shape index (κ1) is 22.1. The molecule has 0 atom stereocenters. The lowest BCUT2D eigenvalue weighted by Crippen LogP contribution is -2.27. The number of hydrogen-bond donors (Lipinski definition) is 1. The molecule has 0 saturated heterocycles. The summed E-state index contributed by atoms with van der Waals surface area (Å²) < 4.78 is 15.4. The third-order valence-corrected chi connectivity index (χ3v) is 5.31. The summed E-state index contributed by atoms with van der Waals surface area (Å²) in [5, 5.41) is 2.89. The molecule has 0 fully saturated rings. The molecule has 166 valence electrons. The fraction of sp³-hybridized carbons (Fsp3) is 0.154. The van der Waals surface area contributed by atoms with Gasteiger partial charge in [0.1, 0.15) is 17.3 Å². The van der Waals surface area contributed by atoms with Gasteiger partial charge in [0.2, 0.25) is 0 Å². The normalized spacial score (nSPS) is 10.9. The van der Waals surface area contributed by atoms with Crippen LogP contribution in [0.15, 0.2) is 73.1 Å². The quantitative estimate of drug-likeness (QED) is 0.405. The predicted molar refractivity (Wildman–Crippen MR) is 124 cm³/mol. The molecule has 0 spiro atoms. The van der Waals surface area contributed by atoms with E-state index >= 15 is 0 Å². The summed E-state index contributed by atoms with van der Waals surface area (Å²) in [6, 6.07) is 16.8. The minimum absolute atomic E-state index is 0.138. The second-order valence-corrected chi connectivity index (χ2v) is 7.79. The maximum Gasteiger partial charge on any atom is 0.268 e. The highest BCUT2D eigenvalue weighted by Gasteiger charge is 2.29. The number of halogens is 1. The highest BCUT2D eigenvalue weighted by molar-refractivity contribution is 6.08. The maximum atomic E-state index is 13.7. The molecule has 6 nitrogen and oxygen atoms in total. The first-order valence-electron chi connectivity index (χ1n) is 10.6. The van der Waals surface area contributed by atoms with Crippen LogP contribution in [0.2, 0.25) is 0 Å². The molecule has 0 aliphatic carbocycles. The average molecular weight is 442 g/mol. The van der Waals surface area contributed by atoms with Crippen LogP contribution in [0.5, 0.6) is 0 Å².